The Morgan fingerprint density at radius 3 is 2.75 bits per heavy atom. The largest absolute Gasteiger partial charge is 0.341 e. The topological polar surface area (TPSA) is 24.4 Å². The Bertz CT molecular complexity index is 217. The first-order valence-electron chi connectivity index (χ1n) is 3.93. The summed E-state index contributed by atoms with van der Waals surface area (Å²) in [7, 11) is 0. The number of nitrogens with zero attached hydrogens (tertiary/aromatic N) is 1. The molecule has 0 unspecified atom stereocenters. The standard InChI is InChI=1S/C9H14N2S/c1-9(2,3)11-8-10-6-4-5-7-12-8/h4-7H,1-3H3,(H,10,11). The van der Waals surface area contributed by atoms with Gasteiger partial charge < -0.3 is 5.32 Å². The molecule has 66 valence electrons. The van der Waals surface area contributed by atoms with E-state index in [2.05, 4.69) is 31.1 Å². The molecule has 0 radical (unpaired) electrons. The van der Waals surface area contributed by atoms with Gasteiger partial charge in [0.1, 0.15) is 0 Å². The van der Waals surface area contributed by atoms with Crippen molar-refractivity contribution in [3.8, 4) is 0 Å². The Hall–Kier alpha value is -0.700. The fraction of sp³-hybridized carbons (Fsp3) is 0.444. The number of allylic oxidation sites excluding steroid dienone is 2. The number of nitrogens with one attached hydrogen (secondary N) is 1. The second-order valence-electron chi connectivity index (χ2n) is 3.54. The number of hydrogen-bond acceptors (Lipinski definition) is 2. The molecule has 0 aromatic carbocycles. The van der Waals surface area contributed by atoms with E-state index in [0.717, 1.165) is 5.17 Å². The fourth-order valence-electron chi connectivity index (χ4n) is 0.721. The third-order valence-electron chi connectivity index (χ3n) is 1.11. The molecule has 0 amide bonds. The number of amidine groups is 1. The lowest BCUT2D eigenvalue weighted by Crippen LogP contribution is -2.19. The maximum Gasteiger partial charge on any atom is 0.165 e. The quantitative estimate of drug-likeness (QED) is 0.622. The summed E-state index contributed by atoms with van der Waals surface area (Å²) in [4.78, 5) is 4.49. The molecule has 1 N–H and O–H groups in total. The van der Waals surface area contributed by atoms with Crippen molar-refractivity contribution in [2.24, 2.45) is 4.99 Å². The highest BCUT2D eigenvalue weighted by Gasteiger charge is 2.09. The van der Waals surface area contributed by atoms with Crippen LogP contribution in [0.3, 0.4) is 0 Å². The molecule has 0 spiro atoms. The van der Waals surface area contributed by atoms with Gasteiger partial charge in [0.2, 0.25) is 0 Å². The molecule has 0 fully saturated rings. The summed E-state index contributed by atoms with van der Waals surface area (Å²) in [6, 6.07) is 0. The zero-order valence-electron chi connectivity index (χ0n) is 7.66. The van der Waals surface area contributed by atoms with Crippen LogP contribution < -0.4 is 5.32 Å². The number of aliphatic imine (C=N–C) groups is 1. The van der Waals surface area contributed by atoms with E-state index in [1.807, 2.05) is 23.8 Å². The van der Waals surface area contributed by atoms with Crippen molar-refractivity contribution in [3.63, 3.8) is 0 Å². The maximum atomic E-state index is 4.49. The van der Waals surface area contributed by atoms with Gasteiger partial charge >= 0.3 is 0 Å². The summed E-state index contributed by atoms with van der Waals surface area (Å²) in [6.07, 6.45) is 5.84. The van der Waals surface area contributed by atoms with E-state index in [1.165, 1.54) is 0 Å². The third-order valence-corrected chi connectivity index (χ3v) is 1.83. The highest BCUT2D eigenvalue weighted by Crippen LogP contribution is 2.13. The van der Waals surface area contributed by atoms with Gasteiger partial charge in [0.05, 0.1) is 5.54 Å². The van der Waals surface area contributed by atoms with Gasteiger partial charge in [-0.25, -0.2) is 0 Å². The molecule has 0 saturated heterocycles. The second kappa shape index (κ2) is 3.81. The average molecular weight is 182 g/mol. The van der Waals surface area contributed by atoms with Gasteiger partial charge in [-0.1, -0.05) is 17.8 Å². The normalized spacial score (nSPS) is 20.8. The van der Waals surface area contributed by atoms with Gasteiger partial charge in [0, 0.05) is 6.20 Å². The number of thioether (sulfide) groups is 1. The van der Waals surface area contributed by atoms with Crippen LogP contribution in [0.25, 0.3) is 0 Å². The van der Waals surface area contributed by atoms with Crippen LogP contribution in [0.1, 0.15) is 20.8 Å². The first-order valence-corrected chi connectivity index (χ1v) is 4.81. The number of rotatable bonds is 0. The monoisotopic (exact) mass is 182 g/mol. The lowest BCUT2D eigenvalue weighted by Gasteiger charge is -2.13. The van der Waals surface area contributed by atoms with Crippen LogP contribution in [0, 0.1) is 0 Å². The van der Waals surface area contributed by atoms with Crippen molar-refractivity contribution < 1.29 is 0 Å². The van der Waals surface area contributed by atoms with Gasteiger partial charge in [0.15, 0.2) is 5.17 Å². The molecule has 0 aliphatic carbocycles. The smallest absolute Gasteiger partial charge is 0.165 e. The number of hydrogen-bond donors (Lipinski definition) is 1. The molecule has 1 heterocycles. The molecule has 0 bridgehead atoms. The van der Waals surface area contributed by atoms with Crippen LogP contribution >= 0.6 is 11.8 Å². The van der Waals surface area contributed by atoms with Crippen molar-refractivity contribution in [3.05, 3.63) is 23.8 Å². The van der Waals surface area contributed by atoms with E-state index < -0.39 is 0 Å². The van der Waals surface area contributed by atoms with E-state index in [0.29, 0.717) is 0 Å². The lowest BCUT2D eigenvalue weighted by molar-refractivity contribution is 0.583. The van der Waals surface area contributed by atoms with Crippen molar-refractivity contribution >= 4 is 16.9 Å². The minimum atomic E-state index is -0.0125. The van der Waals surface area contributed by atoms with Gasteiger partial charge in [-0.3, -0.25) is 4.99 Å². The van der Waals surface area contributed by atoms with E-state index in [-0.39, 0.29) is 5.54 Å². The van der Waals surface area contributed by atoms with Crippen molar-refractivity contribution in [2.45, 2.75) is 26.3 Å². The minimum Gasteiger partial charge on any atom is -0.341 e. The third kappa shape index (κ3) is 3.62. The predicted octanol–water partition coefficient (Wildman–Crippen LogP) is 2.50. The molecule has 1 aliphatic rings. The van der Waals surface area contributed by atoms with Crippen LogP contribution in [0.2, 0.25) is 0 Å². The molecular formula is C9H14N2S. The van der Waals surface area contributed by atoms with Crippen LogP contribution in [0.4, 0.5) is 0 Å². The molecule has 0 aromatic heterocycles. The summed E-state index contributed by atoms with van der Waals surface area (Å²) in [5.74, 6) is 0. The highest BCUT2D eigenvalue weighted by atomic mass is 32.2. The fourth-order valence-corrected chi connectivity index (χ4v) is 1.48. The van der Waals surface area contributed by atoms with Crippen LogP contribution in [0.5, 0.6) is 0 Å². The summed E-state index contributed by atoms with van der Waals surface area (Å²) >= 11 is 1.61. The lowest BCUT2D eigenvalue weighted by atomic mass is 10.1. The molecule has 12 heavy (non-hydrogen) atoms. The summed E-state index contributed by atoms with van der Waals surface area (Å²) in [6.45, 7) is 6.25. The van der Waals surface area contributed by atoms with E-state index in [1.54, 1.807) is 11.8 Å². The summed E-state index contributed by atoms with van der Waals surface area (Å²) in [5, 5.41) is 6.07. The van der Waals surface area contributed by atoms with Crippen molar-refractivity contribution in [1.82, 2.24) is 5.32 Å². The van der Waals surface area contributed by atoms with Crippen LogP contribution in [-0.4, -0.2) is 10.7 Å². The van der Waals surface area contributed by atoms with Crippen molar-refractivity contribution in [1.29, 1.82) is 0 Å². The Labute approximate surface area is 77.8 Å². The highest BCUT2D eigenvalue weighted by molar-refractivity contribution is 8.16. The first-order chi connectivity index (χ1) is 5.58. The Balaban J connectivity index is 2.69. The van der Waals surface area contributed by atoms with Crippen molar-refractivity contribution in [2.75, 3.05) is 0 Å². The second-order valence-corrected chi connectivity index (χ2v) is 4.43. The molecule has 1 aliphatic heterocycles. The summed E-state index contributed by atoms with van der Waals surface area (Å²) < 4.78 is 0. The molecule has 0 atom stereocenters. The average Bonchev–Trinajstić information content (AvgIpc) is 2.12. The molecule has 1 rings (SSSR count). The Kier molecular flexibility index (Phi) is 2.98. The SMILES string of the molecule is CC(C)(C)N=C1NC=CC=CS1. The maximum absolute atomic E-state index is 4.49. The molecule has 0 aromatic rings. The predicted molar refractivity (Wildman–Crippen MR) is 56.2 cm³/mol. The first kappa shape index (κ1) is 9.39. The Morgan fingerprint density at radius 2 is 2.08 bits per heavy atom. The Morgan fingerprint density at radius 1 is 1.33 bits per heavy atom. The van der Waals surface area contributed by atoms with E-state index in [4.69, 9.17) is 0 Å². The zero-order chi connectivity index (χ0) is 9.03. The van der Waals surface area contributed by atoms with Gasteiger partial charge in [-0.2, -0.15) is 0 Å². The summed E-state index contributed by atoms with van der Waals surface area (Å²) in [5.41, 5.74) is -0.0125. The zero-order valence-corrected chi connectivity index (χ0v) is 8.48. The van der Waals surface area contributed by atoms with Crippen LogP contribution in [0.15, 0.2) is 28.8 Å². The van der Waals surface area contributed by atoms with Gasteiger partial charge in [-0.15, -0.1) is 0 Å². The molecule has 2 nitrogen and oxygen atoms in total. The van der Waals surface area contributed by atoms with E-state index in [9.17, 15) is 0 Å². The minimum absolute atomic E-state index is 0.0125. The van der Waals surface area contributed by atoms with E-state index >= 15 is 0 Å². The molecule has 3 heteroatoms. The molecular weight excluding hydrogens is 168 g/mol. The van der Waals surface area contributed by atoms with Gasteiger partial charge in [-0.05, 0) is 32.3 Å². The molecule has 0 saturated carbocycles. The van der Waals surface area contributed by atoms with Crippen LogP contribution in [-0.2, 0) is 0 Å². The van der Waals surface area contributed by atoms with Gasteiger partial charge in [0.25, 0.3) is 0 Å².